The molecule has 1 aromatic carbocycles. The van der Waals surface area contributed by atoms with Gasteiger partial charge < -0.3 is 16.0 Å². The van der Waals surface area contributed by atoms with Crippen molar-refractivity contribution in [2.24, 2.45) is 7.05 Å². The molecule has 0 aliphatic carbocycles. The van der Waals surface area contributed by atoms with E-state index in [1.165, 1.54) is 13.0 Å². The number of pyridine rings is 1. The van der Waals surface area contributed by atoms with Crippen molar-refractivity contribution in [1.29, 1.82) is 0 Å². The van der Waals surface area contributed by atoms with Gasteiger partial charge in [-0.15, -0.1) is 0 Å². The number of nitrogens with zero attached hydrogens (tertiary/aromatic N) is 4. The maximum atomic E-state index is 12.9. The Balaban J connectivity index is 1.39. The Labute approximate surface area is 197 Å². The molecule has 0 radical (unpaired) electrons. The number of carbonyl (C=O) groups is 3. The van der Waals surface area contributed by atoms with Crippen molar-refractivity contribution in [2.45, 2.75) is 19.4 Å². The zero-order chi connectivity index (χ0) is 24.2. The fourth-order valence-corrected chi connectivity index (χ4v) is 3.84. The lowest BCUT2D eigenvalue weighted by Gasteiger charge is -2.18. The van der Waals surface area contributed by atoms with Gasteiger partial charge in [-0.25, -0.2) is 4.98 Å². The van der Waals surface area contributed by atoms with Crippen molar-refractivity contribution >= 4 is 29.5 Å². The van der Waals surface area contributed by atoms with E-state index in [0.717, 1.165) is 16.7 Å². The standard InChI is InChI=1S/C25H26N6O3/c1-16(32)3-4-17-5-7-18(8-6-17)25(34)31-10-9-21(15-31)29-24(33)22-11-19(12-27-23(22)26)20-13-28-30(2)14-20/h3-8,11-14,21H,9-10,15H2,1-2H3,(H2,26,27)(H,29,33)/b4-3+/t21-/m1/s1. The van der Waals surface area contributed by atoms with E-state index in [1.54, 1.807) is 58.4 Å². The van der Waals surface area contributed by atoms with Gasteiger partial charge in [0, 0.05) is 55.3 Å². The van der Waals surface area contributed by atoms with Crippen LogP contribution in [-0.4, -0.2) is 56.4 Å². The topological polar surface area (TPSA) is 123 Å². The molecule has 3 aromatic rings. The molecular weight excluding hydrogens is 432 g/mol. The lowest BCUT2D eigenvalue weighted by atomic mass is 10.1. The van der Waals surface area contributed by atoms with E-state index in [9.17, 15) is 14.4 Å². The van der Waals surface area contributed by atoms with Gasteiger partial charge in [-0.2, -0.15) is 5.10 Å². The largest absolute Gasteiger partial charge is 0.383 e. The Morgan fingerprint density at radius 3 is 2.59 bits per heavy atom. The average Bonchev–Trinajstić information content (AvgIpc) is 3.47. The highest BCUT2D eigenvalue weighted by molar-refractivity contribution is 6.00. The number of hydrogen-bond donors (Lipinski definition) is 2. The highest BCUT2D eigenvalue weighted by atomic mass is 16.2. The van der Waals surface area contributed by atoms with Crippen LogP contribution in [0.4, 0.5) is 5.82 Å². The quantitative estimate of drug-likeness (QED) is 0.547. The summed E-state index contributed by atoms with van der Waals surface area (Å²) in [6, 6.07) is 8.60. The van der Waals surface area contributed by atoms with Crippen LogP contribution in [-0.2, 0) is 11.8 Å². The molecule has 2 aromatic heterocycles. The van der Waals surface area contributed by atoms with Gasteiger partial charge in [0.1, 0.15) is 5.82 Å². The number of ketones is 1. The number of carbonyl (C=O) groups excluding carboxylic acids is 3. The fourth-order valence-electron chi connectivity index (χ4n) is 3.84. The number of anilines is 1. The SMILES string of the molecule is CC(=O)/C=C/c1ccc(C(=O)N2CC[C@@H](NC(=O)c3cc(-c4cnn(C)c4)cnc3N)C2)cc1. The third-order valence-electron chi connectivity index (χ3n) is 5.68. The van der Waals surface area contributed by atoms with Crippen LogP contribution in [0.3, 0.4) is 0 Å². The van der Waals surface area contributed by atoms with Crippen molar-refractivity contribution in [3.63, 3.8) is 0 Å². The van der Waals surface area contributed by atoms with Crippen molar-refractivity contribution < 1.29 is 14.4 Å². The Bertz CT molecular complexity index is 1260. The molecule has 0 unspecified atom stereocenters. The molecule has 0 bridgehead atoms. The Hall–Kier alpha value is -4.27. The molecule has 3 N–H and O–H groups in total. The number of benzene rings is 1. The number of rotatable bonds is 6. The van der Waals surface area contributed by atoms with E-state index < -0.39 is 0 Å². The smallest absolute Gasteiger partial charge is 0.255 e. The summed E-state index contributed by atoms with van der Waals surface area (Å²) in [4.78, 5) is 42.8. The molecule has 34 heavy (non-hydrogen) atoms. The first kappa shape index (κ1) is 22.9. The predicted octanol–water partition coefficient (Wildman–Crippen LogP) is 2.31. The fraction of sp³-hybridized carbons (Fsp3) is 0.240. The minimum absolute atomic E-state index is 0.0355. The van der Waals surface area contributed by atoms with Crippen molar-refractivity contribution in [3.05, 3.63) is 71.7 Å². The Kier molecular flexibility index (Phi) is 6.53. The number of aryl methyl sites for hydroxylation is 1. The molecule has 2 amide bonds. The molecule has 1 fully saturated rings. The van der Waals surface area contributed by atoms with Crippen molar-refractivity contribution in [2.75, 3.05) is 18.8 Å². The van der Waals surface area contributed by atoms with Gasteiger partial charge in [-0.1, -0.05) is 18.2 Å². The second kappa shape index (κ2) is 9.70. The predicted molar refractivity (Wildman–Crippen MR) is 129 cm³/mol. The summed E-state index contributed by atoms with van der Waals surface area (Å²) in [7, 11) is 1.81. The maximum Gasteiger partial charge on any atom is 0.255 e. The summed E-state index contributed by atoms with van der Waals surface area (Å²) in [6.07, 6.45) is 8.98. The summed E-state index contributed by atoms with van der Waals surface area (Å²) < 4.78 is 1.67. The van der Waals surface area contributed by atoms with Crippen LogP contribution < -0.4 is 11.1 Å². The molecule has 1 atom stereocenters. The van der Waals surface area contributed by atoms with Gasteiger partial charge in [0.25, 0.3) is 11.8 Å². The Morgan fingerprint density at radius 1 is 1.15 bits per heavy atom. The molecule has 1 aliphatic heterocycles. The zero-order valence-electron chi connectivity index (χ0n) is 19.1. The van der Waals surface area contributed by atoms with E-state index in [0.29, 0.717) is 30.6 Å². The first-order valence-electron chi connectivity index (χ1n) is 10.9. The average molecular weight is 459 g/mol. The van der Waals surface area contributed by atoms with Gasteiger partial charge >= 0.3 is 0 Å². The van der Waals surface area contributed by atoms with Crippen LogP contribution in [0.25, 0.3) is 17.2 Å². The highest BCUT2D eigenvalue weighted by Crippen LogP contribution is 2.22. The normalized spacial score (nSPS) is 15.6. The van der Waals surface area contributed by atoms with E-state index in [4.69, 9.17) is 5.73 Å². The van der Waals surface area contributed by atoms with Crippen LogP contribution in [0, 0.1) is 0 Å². The minimum atomic E-state index is -0.323. The van der Waals surface area contributed by atoms with E-state index in [-0.39, 0.29) is 29.5 Å². The number of hydrogen-bond acceptors (Lipinski definition) is 6. The summed E-state index contributed by atoms with van der Waals surface area (Å²) >= 11 is 0. The summed E-state index contributed by atoms with van der Waals surface area (Å²) in [5.41, 5.74) is 9.25. The van der Waals surface area contributed by atoms with Gasteiger partial charge in [0.05, 0.1) is 11.8 Å². The molecule has 1 saturated heterocycles. The maximum absolute atomic E-state index is 12.9. The molecule has 9 heteroatoms. The van der Waals surface area contributed by atoms with Crippen LogP contribution >= 0.6 is 0 Å². The molecule has 0 spiro atoms. The van der Waals surface area contributed by atoms with Gasteiger partial charge in [0.2, 0.25) is 0 Å². The second-order valence-electron chi connectivity index (χ2n) is 8.34. The van der Waals surface area contributed by atoms with Crippen LogP contribution in [0.5, 0.6) is 0 Å². The zero-order valence-corrected chi connectivity index (χ0v) is 19.1. The number of aromatic nitrogens is 3. The lowest BCUT2D eigenvalue weighted by Crippen LogP contribution is -2.38. The van der Waals surface area contributed by atoms with E-state index in [1.807, 2.05) is 13.2 Å². The van der Waals surface area contributed by atoms with Crippen LogP contribution in [0.2, 0.25) is 0 Å². The summed E-state index contributed by atoms with van der Waals surface area (Å²) in [5, 5.41) is 7.12. The monoisotopic (exact) mass is 458 g/mol. The first-order valence-corrected chi connectivity index (χ1v) is 10.9. The number of amides is 2. The number of nitrogens with two attached hydrogens (primary N) is 1. The summed E-state index contributed by atoms with van der Waals surface area (Å²) in [6.45, 7) is 2.44. The highest BCUT2D eigenvalue weighted by Gasteiger charge is 2.28. The van der Waals surface area contributed by atoms with Gasteiger partial charge in [0.15, 0.2) is 5.78 Å². The molecule has 4 rings (SSSR count). The minimum Gasteiger partial charge on any atom is -0.383 e. The molecule has 1 aliphatic rings. The van der Waals surface area contributed by atoms with E-state index in [2.05, 4.69) is 15.4 Å². The second-order valence-corrected chi connectivity index (χ2v) is 8.34. The third kappa shape index (κ3) is 5.20. The van der Waals surface area contributed by atoms with Crippen LogP contribution in [0.1, 0.15) is 39.6 Å². The van der Waals surface area contributed by atoms with Gasteiger partial charge in [-0.05, 0) is 43.2 Å². The number of allylic oxidation sites excluding steroid dienone is 1. The molecule has 9 nitrogen and oxygen atoms in total. The van der Waals surface area contributed by atoms with Gasteiger partial charge in [-0.3, -0.25) is 19.1 Å². The number of nitrogens with one attached hydrogen (secondary N) is 1. The molecular formula is C25H26N6O3. The summed E-state index contributed by atoms with van der Waals surface area (Å²) in [5.74, 6) is -0.308. The molecule has 0 saturated carbocycles. The number of nitrogen functional groups attached to an aromatic ring is 1. The molecule has 174 valence electrons. The van der Waals surface area contributed by atoms with Crippen LogP contribution in [0.15, 0.2) is 55.0 Å². The first-order chi connectivity index (χ1) is 16.3. The Morgan fingerprint density at radius 2 is 1.91 bits per heavy atom. The lowest BCUT2D eigenvalue weighted by molar-refractivity contribution is -0.112. The third-order valence-corrected chi connectivity index (χ3v) is 5.68. The van der Waals surface area contributed by atoms with Crippen molar-refractivity contribution in [1.82, 2.24) is 25.0 Å². The molecule has 3 heterocycles. The van der Waals surface area contributed by atoms with E-state index >= 15 is 0 Å². The number of likely N-dealkylation sites (tertiary alicyclic amines) is 1. The van der Waals surface area contributed by atoms with Crippen molar-refractivity contribution in [3.8, 4) is 11.1 Å².